The van der Waals surface area contributed by atoms with E-state index in [0.29, 0.717) is 22.7 Å². The van der Waals surface area contributed by atoms with E-state index in [2.05, 4.69) is 27.5 Å². The van der Waals surface area contributed by atoms with Crippen LogP contribution in [0.15, 0.2) is 42.5 Å². The molecule has 1 atom stereocenters. The number of benzene rings is 2. The number of ether oxygens (including phenoxy) is 2. The maximum atomic E-state index is 12.5. The van der Waals surface area contributed by atoms with Crippen molar-refractivity contribution in [2.45, 2.75) is 6.04 Å². The Hall–Kier alpha value is -3.61. The number of amides is 2. The molecular weight excluding hydrogens is 410 g/mol. The molecule has 4 rings (SSSR count). The molecule has 0 bridgehead atoms. The second kappa shape index (κ2) is 9.68. The average Bonchev–Trinajstić information content (AvgIpc) is 3.28. The molecule has 0 saturated carbocycles. The van der Waals surface area contributed by atoms with Crippen LogP contribution in [0.4, 0.5) is 5.69 Å². The maximum absolute atomic E-state index is 12.5. The number of hydrogen-bond acceptors (Lipinski definition) is 7. The summed E-state index contributed by atoms with van der Waals surface area (Å²) in [5.74, 6) is -0.183. The van der Waals surface area contributed by atoms with Crippen LogP contribution in [-0.2, 0) is 9.59 Å². The van der Waals surface area contributed by atoms with Gasteiger partial charge in [0.1, 0.15) is 6.07 Å². The summed E-state index contributed by atoms with van der Waals surface area (Å²) in [5.41, 5.74) is 1.58. The predicted octanol–water partition coefficient (Wildman–Crippen LogP) is 1.33. The molecule has 166 valence electrons. The fourth-order valence-electron chi connectivity index (χ4n) is 3.85. The van der Waals surface area contributed by atoms with Crippen LogP contribution >= 0.6 is 0 Å². The Labute approximate surface area is 186 Å². The lowest BCUT2D eigenvalue weighted by molar-refractivity contribution is -0.136. The summed E-state index contributed by atoms with van der Waals surface area (Å²) in [6, 6.07) is 14.2. The van der Waals surface area contributed by atoms with Gasteiger partial charge < -0.3 is 25.0 Å². The normalized spacial score (nSPS) is 16.8. The van der Waals surface area contributed by atoms with Gasteiger partial charge >= 0.3 is 11.8 Å². The van der Waals surface area contributed by atoms with Gasteiger partial charge in [0.05, 0.1) is 17.3 Å². The Morgan fingerprint density at radius 1 is 1.06 bits per heavy atom. The van der Waals surface area contributed by atoms with Gasteiger partial charge in [-0.2, -0.15) is 5.26 Å². The zero-order chi connectivity index (χ0) is 22.5. The highest BCUT2D eigenvalue weighted by Gasteiger charge is 2.27. The lowest BCUT2D eigenvalue weighted by atomic mass is 10.0. The van der Waals surface area contributed by atoms with E-state index in [4.69, 9.17) is 9.47 Å². The largest absolute Gasteiger partial charge is 0.454 e. The molecule has 2 heterocycles. The number of nitrogens with zero attached hydrogens (tertiary/aromatic N) is 3. The quantitative estimate of drug-likeness (QED) is 0.683. The number of carbonyl (C=O) groups excluding carboxylic acids is 2. The van der Waals surface area contributed by atoms with Crippen molar-refractivity contribution in [2.75, 3.05) is 51.9 Å². The molecule has 0 aromatic heterocycles. The summed E-state index contributed by atoms with van der Waals surface area (Å²) >= 11 is 0. The van der Waals surface area contributed by atoms with E-state index in [1.807, 2.05) is 24.3 Å². The number of para-hydroxylation sites is 1. The van der Waals surface area contributed by atoms with Crippen LogP contribution in [0.1, 0.15) is 17.2 Å². The summed E-state index contributed by atoms with van der Waals surface area (Å²) in [5, 5.41) is 14.4. The number of nitrogens with one attached hydrogen (secondary N) is 2. The Balaban J connectivity index is 1.45. The van der Waals surface area contributed by atoms with Crippen molar-refractivity contribution in [1.29, 1.82) is 5.26 Å². The van der Waals surface area contributed by atoms with Gasteiger partial charge in [0, 0.05) is 32.7 Å². The molecule has 2 amide bonds. The van der Waals surface area contributed by atoms with Crippen LogP contribution in [-0.4, -0.2) is 68.2 Å². The average molecular weight is 435 g/mol. The van der Waals surface area contributed by atoms with Gasteiger partial charge in [0.15, 0.2) is 11.5 Å². The van der Waals surface area contributed by atoms with Crippen molar-refractivity contribution in [3.05, 3.63) is 53.6 Å². The third-order valence-electron chi connectivity index (χ3n) is 5.72. The van der Waals surface area contributed by atoms with Crippen molar-refractivity contribution in [1.82, 2.24) is 15.1 Å². The molecule has 1 fully saturated rings. The fraction of sp³-hybridized carbons (Fsp3) is 0.348. The third kappa shape index (κ3) is 4.82. The van der Waals surface area contributed by atoms with E-state index in [-0.39, 0.29) is 19.4 Å². The first-order valence-electron chi connectivity index (χ1n) is 10.5. The molecule has 2 aliphatic rings. The number of hydrogen-bond donors (Lipinski definition) is 2. The van der Waals surface area contributed by atoms with Crippen LogP contribution in [0.5, 0.6) is 11.5 Å². The highest BCUT2D eigenvalue weighted by Crippen LogP contribution is 2.35. The standard InChI is InChI=1S/C23H25N5O4/c1-27-8-10-28(11-9-27)19(16-6-7-20-21(12-16)32-15-31-20)14-25-22(29)23(30)26-18-5-3-2-4-17(18)13-24/h2-7,12,19H,8-11,14-15H2,1H3,(H,25,29)(H,26,30)/t19-/m1/s1. The highest BCUT2D eigenvalue weighted by atomic mass is 16.7. The van der Waals surface area contributed by atoms with E-state index in [1.165, 1.54) is 0 Å². The lowest BCUT2D eigenvalue weighted by Gasteiger charge is -2.38. The highest BCUT2D eigenvalue weighted by molar-refractivity contribution is 6.39. The van der Waals surface area contributed by atoms with E-state index in [1.54, 1.807) is 24.3 Å². The predicted molar refractivity (Wildman–Crippen MR) is 117 cm³/mol. The second-order valence-electron chi connectivity index (χ2n) is 7.79. The molecule has 0 radical (unpaired) electrons. The molecule has 2 aromatic carbocycles. The van der Waals surface area contributed by atoms with Crippen molar-refractivity contribution < 1.29 is 19.1 Å². The Kier molecular flexibility index (Phi) is 6.54. The van der Waals surface area contributed by atoms with Gasteiger partial charge in [-0.15, -0.1) is 0 Å². The van der Waals surface area contributed by atoms with Crippen molar-refractivity contribution in [3.63, 3.8) is 0 Å². The van der Waals surface area contributed by atoms with Crippen molar-refractivity contribution >= 4 is 17.5 Å². The minimum atomic E-state index is -0.810. The Morgan fingerprint density at radius 3 is 2.59 bits per heavy atom. The molecule has 2 aliphatic heterocycles. The van der Waals surface area contributed by atoms with Crippen LogP contribution in [0.25, 0.3) is 0 Å². The number of anilines is 1. The molecule has 0 spiro atoms. The minimum Gasteiger partial charge on any atom is -0.454 e. The number of rotatable bonds is 5. The first-order chi connectivity index (χ1) is 15.5. The summed E-state index contributed by atoms with van der Waals surface area (Å²) < 4.78 is 10.9. The number of piperazine rings is 1. The topological polar surface area (TPSA) is 107 Å². The summed E-state index contributed by atoms with van der Waals surface area (Å²) in [7, 11) is 2.08. The van der Waals surface area contributed by atoms with E-state index in [9.17, 15) is 14.9 Å². The summed E-state index contributed by atoms with van der Waals surface area (Å²) in [6.45, 7) is 3.97. The lowest BCUT2D eigenvalue weighted by Crippen LogP contribution is -2.49. The van der Waals surface area contributed by atoms with Crippen LogP contribution in [0, 0.1) is 11.3 Å². The molecular formula is C23H25N5O4. The van der Waals surface area contributed by atoms with Gasteiger partial charge in [0.2, 0.25) is 6.79 Å². The molecule has 2 aromatic rings. The van der Waals surface area contributed by atoms with Gasteiger partial charge in [-0.05, 0) is 36.9 Å². The fourth-order valence-corrected chi connectivity index (χ4v) is 3.85. The molecule has 1 saturated heterocycles. The van der Waals surface area contributed by atoms with Gasteiger partial charge in [-0.3, -0.25) is 14.5 Å². The molecule has 2 N–H and O–H groups in total. The van der Waals surface area contributed by atoms with Crippen molar-refractivity contribution in [2.24, 2.45) is 0 Å². The molecule has 0 unspecified atom stereocenters. The number of carbonyl (C=O) groups is 2. The van der Waals surface area contributed by atoms with Crippen LogP contribution in [0.3, 0.4) is 0 Å². The molecule has 0 aliphatic carbocycles. The summed E-state index contributed by atoms with van der Waals surface area (Å²) in [6.07, 6.45) is 0. The number of nitriles is 1. The number of likely N-dealkylation sites (N-methyl/N-ethyl adjacent to an activating group) is 1. The van der Waals surface area contributed by atoms with E-state index >= 15 is 0 Å². The molecule has 9 heteroatoms. The monoisotopic (exact) mass is 435 g/mol. The third-order valence-corrected chi connectivity index (χ3v) is 5.72. The Bertz CT molecular complexity index is 1040. The first kappa shape index (κ1) is 21.6. The SMILES string of the molecule is CN1CCN([C@H](CNC(=O)C(=O)Nc2ccccc2C#N)c2ccc3c(c2)OCO3)CC1. The smallest absolute Gasteiger partial charge is 0.313 e. The van der Waals surface area contributed by atoms with E-state index < -0.39 is 11.8 Å². The van der Waals surface area contributed by atoms with Gasteiger partial charge in [0.25, 0.3) is 0 Å². The van der Waals surface area contributed by atoms with Gasteiger partial charge in [-0.25, -0.2) is 0 Å². The maximum Gasteiger partial charge on any atom is 0.313 e. The van der Waals surface area contributed by atoms with Crippen LogP contribution in [0.2, 0.25) is 0 Å². The second-order valence-corrected chi connectivity index (χ2v) is 7.79. The van der Waals surface area contributed by atoms with E-state index in [0.717, 1.165) is 31.7 Å². The summed E-state index contributed by atoms with van der Waals surface area (Å²) in [4.78, 5) is 29.5. The molecule has 32 heavy (non-hydrogen) atoms. The zero-order valence-electron chi connectivity index (χ0n) is 17.8. The minimum absolute atomic E-state index is 0.124. The van der Waals surface area contributed by atoms with Crippen molar-refractivity contribution in [3.8, 4) is 17.6 Å². The first-order valence-corrected chi connectivity index (χ1v) is 10.5. The van der Waals surface area contributed by atoms with Gasteiger partial charge in [-0.1, -0.05) is 18.2 Å². The molecule has 9 nitrogen and oxygen atoms in total. The van der Waals surface area contributed by atoms with Crippen LogP contribution < -0.4 is 20.1 Å². The zero-order valence-corrected chi connectivity index (χ0v) is 17.8. The Morgan fingerprint density at radius 2 is 1.81 bits per heavy atom. The number of fused-ring (bicyclic) bond motifs is 1.